The van der Waals surface area contributed by atoms with Crippen LogP contribution in [0.5, 0.6) is 0 Å². The molecule has 0 spiro atoms. The van der Waals surface area contributed by atoms with Crippen LogP contribution in [-0.2, 0) is 4.79 Å². The van der Waals surface area contributed by atoms with Crippen molar-refractivity contribution in [2.75, 3.05) is 6.54 Å². The molecule has 0 heterocycles. The third kappa shape index (κ3) is 9.44. The van der Waals surface area contributed by atoms with Crippen LogP contribution >= 0.6 is 0 Å². The van der Waals surface area contributed by atoms with Crippen LogP contribution in [0.2, 0.25) is 0 Å². The molecule has 1 aromatic carbocycles. The summed E-state index contributed by atoms with van der Waals surface area (Å²) in [6.45, 7) is 2.52. The molecule has 1 unspecified atom stereocenters. The highest BCUT2D eigenvalue weighted by Crippen LogP contribution is 2.05. The number of hydrogen-bond donors (Lipinski definition) is 4. The van der Waals surface area contributed by atoms with Gasteiger partial charge in [0.05, 0.1) is 6.34 Å². The average Bonchev–Trinajstić information content (AvgIpc) is 2.49. The van der Waals surface area contributed by atoms with Crippen LogP contribution in [0, 0.1) is 12.3 Å². The molecule has 0 aliphatic heterocycles. The van der Waals surface area contributed by atoms with Crippen LogP contribution in [0.15, 0.2) is 35.3 Å². The van der Waals surface area contributed by atoms with Crippen LogP contribution in [0.1, 0.15) is 24.0 Å². The highest BCUT2D eigenvalue weighted by atomic mass is 16.4. The lowest BCUT2D eigenvalue weighted by Crippen LogP contribution is -2.19. The zero-order valence-electron chi connectivity index (χ0n) is 12.8. The minimum absolute atomic E-state index is 0.473. The SMILES string of the molecule is Cc1ccc(/C=C/C=NC(CCCN)C(=O)O)cc1.N=CN. The summed E-state index contributed by atoms with van der Waals surface area (Å²) in [4.78, 5) is 15.0. The van der Waals surface area contributed by atoms with E-state index in [1.165, 1.54) is 11.8 Å². The van der Waals surface area contributed by atoms with Crippen LogP contribution in [0.25, 0.3) is 6.08 Å². The fourth-order valence-electron chi connectivity index (χ4n) is 1.56. The lowest BCUT2D eigenvalue weighted by atomic mass is 10.1. The molecule has 0 amide bonds. The van der Waals surface area contributed by atoms with Crippen molar-refractivity contribution in [2.45, 2.75) is 25.8 Å². The van der Waals surface area contributed by atoms with Gasteiger partial charge in [-0.25, -0.2) is 4.79 Å². The first-order valence-corrected chi connectivity index (χ1v) is 6.95. The predicted molar refractivity (Wildman–Crippen MR) is 91.4 cm³/mol. The Morgan fingerprint density at radius 1 is 1.41 bits per heavy atom. The summed E-state index contributed by atoms with van der Waals surface area (Å²) in [6.07, 6.45) is 7.07. The van der Waals surface area contributed by atoms with E-state index in [0.717, 1.165) is 11.9 Å². The third-order valence-corrected chi connectivity index (χ3v) is 2.68. The standard InChI is InChI=1S/C15H20N2O2.CH4N2/c1-12-6-8-13(9-7-12)4-3-11-17-14(15(18)19)5-2-10-16;2-1-3/h3-4,6-9,11,14H,2,5,10,16H2,1H3,(H,18,19);1H,(H3,2,3)/b4-3+,17-11?;. The Kier molecular flexibility index (Phi) is 10.9. The molecule has 6 heteroatoms. The van der Waals surface area contributed by atoms with Crippen LogP contribution in [-0.4, -0.2) is 36.2 Å². The van der Waals surface area contributed by atoms with Crippen LogP contribution < -0.4 is 11.5 Å². The fourth-order valence-corrected chi connectivity index (χ4v) is 1.56. The Morgan fingerprint density at radius 2 is 2.00 bits per heavy atom. The summed E-state index contributed by atoms with van der Waals surface area (Å²) in [6, 6.07) is 7.35. The molecule has 1 rings (SSSR count). The number of carboxylic acids is 1. The van der Waals surface area contributed by atoms with Gasteiger partial charge in [-0.3, -0.25) is 10.4 Å². The Morgan fingerprint density at radius 3 is 2.50 bits per heavy atom. The van der Waals surface area contributed by atoms with Crippen molar-refractivity contribution in [1.82, 2.24) is 0 Å². The van der Waals surface area contributed by atoms with Gasteiger partial charge in [0.1, 0.15) is 6.04 Å². The summed E-state index contributed by atoms with van der Waals surface area (Å²) in [7, 11) is 0. The quantitative estimate of drug-likeness (QED) is 0.453. The van der Waals surface area contributed by atoms with Gasteiger partial charge in [-0.15, -0.1) is 0 Å². The molecule has 120 valence electrons. The van der Waals surface area contributed by atoms with Gasteiger partial charge in [-0.05, 0) is 37.9 Å². The van der Waals surface area contributed by atoms with E-state index in [9.17, 15) is 4.79 Å². The van der Waals surface area contributed by atoms with E-state index in [4.69, 9.17) is 16.2 Å². The first-order valence-electron chi connectivity index (χ1n) is 6.95. The Hall–Kier alpha value is -2.47. The second-order valence-electron chi connectivity index (χ2n) is 4.52. The van der Waals surface area contributed by atoms with Crippen molar-refractivity contribution in [1.29, 1.82) is 5.41 Å². The molecular formula is C16H24N4O2. The number of carbonyl (C=O) groups is 1. The number of benzene rings is 1. The van der Waals surface area contributed by atoms with Crippen molar-refractivity contribution in [3.8, 4) is 0 Å². The maximum Gasteiger partial charge on any atom is 0.328 e. The monoisotopic (exact) mass is 304 g/mol. The summed E-state index contributed by atoms with van der Waals surface area (Å²) < 4.78 is 0. The molecule has 0 aliphatic carbocycles. The number of hydrogen-bond acceptors (Lipinski definition) is 4. The van der Waals surface area contributed by atoms with E-state index < -0.39 is 12.0 Å². The van der Waals surface area contributed by atoms with Crippen molar-refractivity contribution in [3.63, 3.8) is 0 Å². The number of rotatable bonds is 7. The number of allylic oxidation sites excluding steroid dienone is 1. The zero-order valence-corrected chi connectivity index (χ0v) is 12.8. The van der Waals surface area contributed by atoms with Gasteiger partial charge in [0.25, 0.3) is 0 Å². The molecule has 1 atom stereocenters. The van der Waals surface area contributed by atoms with Crippen LogP contribution in [0.3, 0.4) is 0 Å². The second kappa shape index (κ2) is 12.3. The topological polar surface area (TPSA) is 126 Å². The van der Waals surface area contributed by atoms with E-state index in [2.05, 4.69) is 10.7 Å². The predicted octanol–water partition coefficient (Wildman–Crippen LogP) is 1.82. The summed E-state index contributed by atoms with van der Waals surface area (Å²) in [5.41, 5.74) is 12.0. The number of nitrogens with one attached hydrogen (secondary N) is 1. The Bertz CT molecular complexity index is 495. The van der Waals surface area contributed by atoms with Crippen LogP contribution in [0.4, 0.5) is 0 Å². The van der Waals surface area contributed by atoms with Gasteiger partial charge in [0, 0.05) is 6.21 Å². The van der Waals surface area contributed by atoms with E-state index in [1.54, 1.807) is 6.08 Å². The Labute approximate surface area is 131 Å². The molecule has 0 aromatic heterocycles. The first-order chi connectivity index (χ1) is 10.5. The van der Waals surface area contributed by atoms with Gasteiger partial charge in [0.2, 0.25) is 0 Å². The molecule has 0 fully saturated rings. The van der Waals surface area contributed by atoms with E-state index in [0.29, 0.717) is 19.4 Å². The first kappa shape index (κ1) is 19.5. The van der Waals surface area contributed by atoms with Crippen molar-refractivity contribution >= 4 is 24.6 Å². The highest BCUT2D eigenvalue weighted by molar-refractivity contribution is 5.82. The molecule has 0 bridgehead atoms. The maximum atomic E-state index is 10.9. The van der Waals surface area contributed by atoms with Crippen molar-refractivity contribution < 1.29 is 9.90 Å². The number of aliphatic carboxylic acids is 1. The number of aryl methyl sites for hydroxylation is 1. The van der Waals surface area contributed by atoms with Crippen molar-refractivity contribution in [2.24, 2.45) is 16.5 Å². The fraction of sp³-hybridized carbons (Fsp3) is 0.312. The second-order valence-corrected chi connectivity index (χ2v) is 4.52. The van der Waals surface area contributed by atoms with E-state index >= 15 is 0 Å². The van der Waals surface area contributed by atoms with Gasteiger partial charge >= 0.3 is 5.97 Å². The number of nitrogens with zero attached hydrogens (tertiary/aromatic N) is 1. The maximum absolute atomic E-state index is 10.9. The van der Waals surface area contributed by atoms with Gasteiger partial charge in [0.15, 0.2) is 0 Å². The Balaban J connectivity index is 0.00000135. The lowest BCUT2D eigenvalue weighted by molar-refractivity contribution is -0.138. The van der Waals surface area contributed by atoms with Gasteiger partial charge in [-0.1, -0.05) is 35.9 Å². The minimum atomic E-state index is -0.909. The largest absolute Gasteiger partial charge is 0.480 e. The van der Waals surface area contributed by atoms with Gasteiger partial charge in [-0.2, -0.15) is 0 Å². The number of carboxylic acid groups (broad SMARTS) is 1. The zero-order chi connectivity index (χ0) is 16.8. The summed E-state index contributed by atoms with van der Waals surface area (Å²) in [5.74, 6) is -0.909. The smallest absolute Gasteiger partial charge is 0.328 e. The summed E-state index contributed by atoms with van der Waals surface area (Å²) >= 11 is 0. The molecule has 0 saturated heterocycles. The van der Waals surface area contributed by atoms with E-state index in [-0.39, 0.29) is 0 Å². The normalized spacial score (nSPS) is 11.9. The average molecular weight is 304 g/mol. The van der Waals surface area contributed by atoms with Gasteiger partial charge < -0.3 is 16.6 Å². The molecule has 6 N–H and O–H groups in total. The molecule has 0 radical (unpaired) electrons. The number of nitrogens with two attached hydrogens (primary N) is 2. The molecule has 22 heavy (non-hydrogen) atoms. The molecule has 1 aromatic rings. The third-order valence-electron chi connectivity index (χ3n) is 2.68. The summed E-state index contributed by atoms with van der Waals surface area (Å²) in [5, 5.41) is 14.8. The highest BCUT2D eigenvalue weighted by Gasteiger charge is 2.13. The van der Waals surface area contributed by atoms with Crippen molar-refractivity contribution in [3.05, 3.63) is 41.5 Å². The molecular weight excluding hydrogens is 280 g/mol. The minimum Gasteiger partial charge on any atom is -0.480 e. The molecule has 0 saturated carbocycles. The molecule has 6 nitrogen and oxygen atoms in total. The number of aliphatic imine (C=N–C) groups is 1. The molecule has 0 aliphatic rings. The van der Waals surface area contributed by atoms with E-state index in [1.807, 2.05) is 37.3 Å². The lowest BCUT2D eigenvalue weighted by Gasteiger charge is -2.04.